The van der Waals surface area contributed by atoms with Crippen LogP contribution in [0, 0.1) is 0 Å². The van der Waals surface area contributed by atoms with E-state index in [2.05, 4.69) is 4.98 Å². The summed E-state index contributed by atoms with van der Waals surface area (Å²) in [6.45, 7) is 1.09. The molecule has 5 rings (SSSR count). The molecule has 8 nitrogen and oxygen atoms in total. The number of benzene rings is 2. The van der Waals surface area contributed by atoms with E-state index in [1.807, 2.05) is 53.1 Å². The number of rotatable bonds is 6. The molecular formula is C23H21N5O3. The van der Waals surface area contributed by atoms with Gasteiger partial charge in [-0.1, -0.05) is 18.2 Å². The summed E-state index contributed by atoms with van der Waals surface area (Å²) in [4.78, 5) is 27.7. The second-order valence-electron chi connectivity index (χ2n) is 7.21. The van der Waals surface area contributed by atoms with Crippen LogP contribution in [-0.2, 0) is 11.3 Å². The highest BCUT2D eigenvalue weighted by molar-refractivity contribution is 6.05. The number of methoxy groups -OCH3 is 2. The lowest BCUT2D eigenvalue weighted by Gasteiger charge is -2.09. The van der Waals surface area contributed by atoms with Gasteiger partial charge in [-0.3, -0.25) is 13.9 Å². The molecule has 8 heteroatoms. The van der Waals surface area contributed by atoms with E-state index in [9.17, 15) is 4.79 Å². The molecule has 31 heavy (non-hydrogen) atoms. The maximum Gasteiger partial charge on any atom is 0.265 e. The minimum Gasteiger partial charge on any atom is -0.497 e. The van der Waals surface area contributed by atoms with Crippen LogP contribution in [-0.4, -0.2) is 44.9 Å². The summed E-state index contributed by atoms with van der Waals surface area (Å²) in [6, 6.07) is 15.2. The first-order valence-corrected chi connectivity index (χ1v) is 10.0. The van der Waals surface area contributed by atoms with Crippen LogP contribution >= 0.6 is 0 Å². The highest BCUT2D eigenvalue weighted by atomic mass is 16.5. The predicted octanol–water partition coefficient (Wildman–Crippen LogP) is 3.33. The number of aromatic nitrogens is 5. The van der Waals surface area contributed by atoms with Crippen LogP contribution < -0.4 is 10.3 Å². The van der Waals surface area contributed by atoms with Gasteiger partial charge in [-0.05, 0) is 30.7 Å². The third-order valence-corrected chi connectivity index (χ3v) is 5.29. The van der Waals surface area contributed by atoms with E-state index in [-0.39, 0.29) is 5.56 Å². The van der Waals surface area contributed by atoms with Crippen LogP contribution in [0.15, 0.2) is 59.7 Å². The molecule has 0 unspecified atom stereocenters. The van der Waals surface area contributed by atoms with Gasteiger partial charge in [0.1, 0.15) is 16.7 Å². The minimum atomic E-state index is -0.141. The van der Waals surface area contributed by atoms with Gasteiger partial charge in [0.05, 0.1) is 30.2 Å². The molecule has 156 valence electrons. The predicted molar refractivity (Wildman–Crippen MR) is 119 cm³/mol. The molecule has 0 bridgehead atoms. The molecule has 0 aliphatic carbocycles. The maximum absolute atomic E-state index is 13.4. The molecule has 0 radical (unpaired) electrons. The normalized spacial score (nSPS) is 11.5. The highest BCUT2D eigenvalue weighted by Crippen LogP contribution is 2.29. The minimum absolute atomic E-state index is 0.141. The standard InChI is InChI=1S/C23H21N5O3/c1-30-12-6-11-27-14-24-21-19(23(27)29)20-22(26-18-10-4-3-9-17(18)25-20)28(21)15-7-5-8-16(13-15)31-2/h3-5,7-10,13-14H,6,11-12H2,1-2H3. The summed E-state index contributed by atoms with van der Waals surface area (Å²) in [6.07, 6.45) is 2.29. The molecule has 2 aromatic carbocycles. The van der Waals surface area contributed by atoms with Crippen molar-refractivity contribution in [3.63, 3.8) is 0 Å². The van der Waals surface area contributed by atoms with Crippen molar-refractivity contribution >= 4 is 33.2 Å². The summed E-state index contributed by atoms with van der Waals surface area (Å²) in [5.74, 6) is 0.703. The average Bonchev–Trinajstić information content (AvgIpc) is 3.13. The summed E-state index contributed by atoms with van der Waals surface area (Å²) >= 11 is 0. The maximum atomic E-state index is 13.4. The zero-order valence-electron chi connectivity index (χ0n) is 17.3. The van der Waals surface area contributed by atoms with Crippen LogP contribution in [0.25, 0.3) is 38.9 Å². The van der Waals surface area contributed by atoms with Gasteiger partial charge in [0.2, 0.25) is 0 Å². The fraction of sp³-hybridized carbons (Fsp3) is 0.217. The zero-order valence-corrected chi connectivity index (χ0v) is 17.3. The van der Waals surface area contributed by atoms with Crippen LogP contribution in [0.4, 0.5) is 0 Å². The number of nitrogens with zero attached hydrogens (tertiary/aromatic N) is 5. The fourth-order valence-electron chi connectivity index (χ4n) is 3.80. The molecule has 0 aliphatic rings. The third-order valence-electron chi connectivity index (χ3n) is 5.29. The molecule has 3 heterocycles. The van der Waals surface area contributed by atoms with Crippen molar-refractivity contribution in [1.82, 2.24) is 24.1 Å². The summed E-state index contributed by atoms with van der Waals surface area (Å²) in [5.41, 5.74) is 3.78. The lowest BCUT2D eigenvalue weighted by Crippen LogP contribution is -2.21. The van der Waals surface area contributed by atoms with Crippen molar-refractivity contribution in [3.8, 4) is 11.4 Å². The van der Waals surface area contributed by atoms with Crippen molar-refractivity contribution in [2.75, 3.05) is 20.8 Å². The Hall–Kier alpha value is -3.78. The Bertz CT molecular complexity index is 1470. The van der Waals surface area contributed by atoms with Gasteiger partial charge in [0.15, 0.2) is 11.3 Å². The average molecular weight is 415 g/mol. The second kappa shape index (κ2) is 7.81. The summed E-state index contributed by atoms with van der Waals surface area (Å²) in [5, 5.41) is 0.455. The number of ether oxygens (including phenoxy) is 2. The molecule has 0 N–H and O–H groups in total. The van der Waals surface area contributed by atoms with Crippen LogP contribution in [0.1, 0.15) is 6.42 Å². The van der Waals surface area contributed by atoms with Crippen molar-refractivity contribution in [2.24, 2.45) is 0 Å². The van der Waals surface area contributed by atoms with Crippen LogP contribution in [0.5, 0.6) is 5.75 Å². The monoisotopic (exact) mass is 415 g/mol. The molecule has 0 saturated heterocycles. The van der Waals surface area contributed by atoms with Gasteiger partial charge >= 0.3 is 0 Å². The summed E-state index contributed by atoms with van der Waals surface area (Å²) < 4.78 is 14.0. The lowest BCUT2D eigenvalue weighted by molar-refractivity contribution is 0.190. The number of para-hydroxylation sites is 2. The number of fused-ring (bicyclic) bond motifs is 4. The van der Waals surface area contributed by atoms with Crippen molar-refractivity contribution < 1.29 is 9.47 Å². The van der Waals surface area contributed by atoms with Gasteiger partial charge in [-0.25, -0.2) is 15.0 Å². The second-order valence-corrected chi connectivity index (χ2v) is 7.21. The molecular weight excluding hydrogens is 394 g/mol. The highest BCUT2D eigenvalue weighted by Gasteiger charge is 2.21. The van der Waals surface area contributed by atoms with Crippen LogP contribution in [0.2, 0.25) is 0 Å². The molecule has 5 aromatic rings. The van der Waals surface area contributed by atoms with Crippen molar-refractivity contribution in [1.29, 1.82) is 0 Å². The van der Waals surface area contributed by atoms with Gasteiger partial charge in [-0.2, -0.15) is 0 Å². The SMILES string of the molecule is COCCCn1cnc2c(c1=O)c1nc3ccccc3nc1n2-c1cccc(OC)c1. The molecule has 0 spiro atoms. The molecule has 0 saturated carbocycles. The topological polar surface area (TPSA) is 84.1 Å². The van der Waals surface area contributed by atoms with Gasteiger partial charge in [0.25, 0.3) is 5.56 Å². The smallest absolute Gasteiger partial charge is 0.265 e. The van der Waals surface area contributed by atoms with E-state index in [0.29, 0.717) is 47.5 Å². The van der Waals surface area contributed by atoms with Crippen molar-refractivity contribution in [3.05, 3.63) is 65.2 Å². The van der Waals surface area contributed by atoms with E-state index < -0.39 is 0 Å². The van der Waals surface area contributed by atoms with E-state index in [0.717, 1.165) is 16.7 Å². The first-order chi connectivity index (χ1) is 15.2. The van der Waals surface area contributed by atoms with Crippen LogP contribution in [0.3, 0.4) is 0 Å². The fourth-order valence-corrected chi connectivity index (χ4v) is 3.80. The van der Waals surface area contributed by atoms with E-state index in [1.165, 1.54) is 0 Å². The Balaban J connectivity index is 1.86. The van der Waals surface area contributed by atoms with Crippen molar-refractivity contribution in [2.45, 2.75) is 13.0 Å². The number of hydrogen-bond donors (Lipinski definition) is 0. The third kappa shape index (κ3) is 3.21. The van der Waals surface area contributed by atoms with E-state index >= 15 is 0 Å². The molecule has 0 aliphatic heterocycles. The molecule has 3 aromatic heterocycles. The largest absolute Gasteiger partial charge is 0.497 e. The molecule has 0 amide bonds. The zero-order chi connectivity index (χ0) is 21.4. The Morgan fingerprint density at radius 2 is 1.77 bits per heavy atom. The van der Waals surface area contributed by atoms with Gasteiger partial charge in [0, 0.05) is 26.3 Å². The Morgan fingerprint density at radius 1 is 0.968 bits per heavy atom. The van der Waals surface area contributed by atoms with E-state index in [4.69, 9.17) is 19.4 Å². The molecule has 0 fully saturated rings. The lowest BCUT2D eigenvalue weighted by atomic mass is 10.3. The quantitative estimate of drug-likeness (QED) is 0.396. The van der Waals surface area contributed by atoms with Gasteiger partial charge < -0.3 is 9.47 Å². The Labute approximate surface area is 177 Å². The van der Waals surface area contributed by atoms with E-state index in [1.54, 1.807) is 25.1 Å². The van der Waals surface area contributed by atoms with Gasteiger partial charge in [-0.15, -0.1) is 0 Å². The molecule has 0 atom stereocenters. The Morgan fingerprint density at radius 3 is 2.55 bits per heavy atom. The number of hydrogen-bond acceptors (Lipinski definition) is 6. The number of aryl methyl sites for hydroxylation is 1. The first-order valence-electron chi connectivity index (χ1n) is 10.0. The summed E-state index contributed by atoms with van der Waals surface area (Å²) in [7, 11) is 3.27. The Kier molecular flexibility index (Phi) is 4.83. The first kappa shape index (κ1) is 19.2.